The summed E-state index contributed by atoms with van der Waals surface area (Å²) in [5.41, 5.74) is -0.0985. The van der Waals surface area contributed by atoms with Crippen molar-refractivity contribution in [2.75, 3.05) is 10.6 Å². The third kappa shape index (κ3) is 6.07. The molecule has 4 aromatic rings. The molecule has 38 heavy (non-hydrogen) atoms. The van der Waals surface area contributed by atoms with E-state index in [-0.39, 0.29) is 39.3 Å². The van der Waals surface area contributed by atoms with Crippen LogP contribution in [0.1, 0.15) is 0 Å². The predicted molar refractivity (Wildman–Crippen MR) is 133 cm³/mol. The van der Waals surface area contributed by atoms with Crippen molar-refractivity contribution in [2.45, 2.75) is 14.7 Å². The van der Waals surface area contributed by atoms with Crippen molar-refractivity contribution in [2.24, 2.45) is 0 Å². The van der Waals surface area contributed by atoms with Gasteiger partial charge in [0.05, 0.1) is 20.4 Å². The van der Waals surface area contributed by atoms with E-state index in [4.69, 9.17) is 11.6 Å². The molecule has 0 aliphatic carbocycles. The highest BCUT2D eigenvalue weighted by Gasteiger charge is 2.21. The zero-order valence-electron chi connectivity index (χ0n) is 18.3. The molecule has 0 fully saturated rings. The Labute approximate surface area is 219 Å². The maximum atomic E-state index is 11.8. The van der Waals surface area contributed by atoms with E-state index in [2.05, 4.69) is 25.6 Å². The third-order valence-corrected chi connectivity index (χ3v) is 7.50. The van der Waals surface area contributed by atoms with Gasteiger partial charge in [-0.05, 0) is 53.4 Å². The molecule has 3 aromatic carbocycles. The lowest BCUT2D eigenvalue weighted by Crippen LogP contribution is -2.06. The number of rotatable bonds is 7. The number of phenolic OH excluding ortho intramolecular Hbond substituents is 1. The van der Waals surface area contributed by atoms with Gasteiger partial charge in [-0.15, -0.1) is 0 Å². The molecule has 4 rings (SSSR count). The average Bonchev–Trinajstić information content (AvgIpc) is 2.76. The Hall–Kier alpha value is -3.65. The molecule has 0 unspecified atom stereocenters. The van der Waals surface area contributed by atoms with Crippen LogP contribution in [0.2, 0.25) is 5.28 Å². The highest BCUT2D eigenvalue weighted by atomic mass is 35.5. The van der Waals surface area contributed by atoms with Crippen molar-refractivity contribution < 1.29 is 44.0 Å². The minimum absolute atomic E-state index is 0.127. The molecule has 19 heteroatoms. The molecule has 200 valence electrons. The third-order valence-electron chi connectivity index (χ3n) is 4.81. The number of nitrogens with one attached hydrogen (secondary N) is 2. The Morgan fingerprint density at radius 3 is 1.82 bits per heavy atom. The second kappa shape index (κ2) is 9.58. The maximum Gasteiger partial charge on any atom is 0.294 e. The summed E-state index contributed by atoms with van der Waals surface area (Å²) < 4.78 is 97.6. The molecule has 0 amide bonds. The van der Waals surface area contributed by atoms with E-state index >= 15 is 0 Å². The van der Waals surface area contributed by atoms with Crippen molar-refractivity contribution in [3.63, 3.8) is 0 Å². The van der Waals surface area contributed by atoms with Crippen molar-refractivity contribution in [1.29, 1.82) is 0 Å². The summed E-state index contributed by atoms with van der Waals surface area (Å²) in [4.78, 5) is 9.83. The summed E-state index contributed by atoms with van der Waals surface area (Å²) in [6.07, 6.45) is 0. The van der Waals surface area contributed by atoms with Crippen LogP contribution in [-0.2, 0) is 30.4 Å². The van der Waals surface area contributed by atoms with E-state index in [1.165, 1.54) is 12.1 Å². The van der Waals surface area contributed by atoms with Gasteiger partial charge in [0.15, 0.2) is 0 Å². The minimum atomic E-state index is -4.84. The number of hydrogen-bond donors (Lipinski definition) is 6. The SMILES string of the molecule is O=S(=O)(O)c1cccc(Nc2nc(Cl)nc(Nc3cc(S(=O)(=O)O)cc4cc(S(=O)(=O)O)cc(O)c34)n2)c1. The average molecular weight is 604 g/mol. The van der Waals surface area contributed by atoms with Gasteiger partial charge < -0.3 is 15.7 Å². The minimum Gasteiger partial charge on any atom is -0.507 e. The Kier molecular flexibility index (Phi) is 6.91. The number of phenols is 1. The van der Waals surface area contributed by atoms with Gasteiger partial charge in [0.25, 0.3) is 30.4 Å². The van der Waals surface area contributed by atoms with E-state index in [0.717, 1.165) is 30.3 Å². The Morgan fingerprint density at radius 2 is 1.24 bits per heavy atom. The molecule has 6 N–H and O–H groups in total. The number of fused-ring (bicyclic) bond motifs is 1. The van der Waals surface area contributed by atoms with Crippen LogP contribution in [0.3, 0.4) is 0 Å². The number of benzene rings is 3. The van der Waals surface area contributed by atoms with Crippen LogP contribution in [0.15, 0.2) is 63.2 Å². The predicted octanol–water partition coefficient (Wildman–Crippen LogP) is 2.61. The second-order valence-electron chi connectivity index (χ2n) is 7.47. The van der Waals surface area contributed by atoms with Crippen molar-refractivity contribution in [1.82, 2.24) is 15.0 Å². The standard InChI is InChI=1S/C19H14ClN5O10S3/c20-17-23-18(21-10-2-1-3-11(6-10)36(27,28)29)25-19(24-17)22-14-7-12(37(30,31)32)4-9-5-13(38(33,34)35)8-15(26)16(9)14/h1-8,26H,(H,27,28,29)(H,30,31,32)(H,33,34,35)(H2,21,22,23,24,25). The Morgan fingerprint density at radius 1 is 0.684 bits per heavy atom. The van der Waals surface area contributed by atoms with Crippen molar-refractivity contribution in [3.05, 3.63) is 53.8 Å². The normalized spacial score (nSPS) is 12.4. The number of anilines is 4. The van der Waals surface area contributed by atoms with Gasteiger partial charge in [0.1, 0.15) is 5.75 Å². The van der Waals surface area contributed by atoms with E-state index in [0.29, 0.717) is 6.07 Å². The van der Waals surface area contributed by atoms with Gasteiger partial charge in [0, 0.05) is 17.1 Å². The summed E-state index contributed by atoms with van der Waals surface area (Å²) in [5, 5.41) is 15.0. The van der Waals surface area contributed by atoms with Gasteiger partial charge in [-0.1, -0.05) is 6.07 Å². The van der Waals surface area contributed by atoms with Gasteiger partial charge in [-0.25, -0.2) is 0 Å². The first-order valence-corrected chi connectivity index (χ1v) is 14.5. The van der Waals surface area contributed by atoms with E-state index in [1.54, 1.807) is 0 Å². The van der Waals surface area contributed by atoms with Gasteiger partial charge in [-0.2, -0.15) is 40.2 Å². The number of nitrogens with zero attached hydrogens (tertiary/aromatic N) is 3. The van der Waals surface area contributed by atoms with Crippen LogP contribution in [0.4, 0.5) is 23.3 Å². The molecule has 0 aliphatic heterocycles. The van der Waals surface area contributed by atoms with Gasteiger partial charge in [0.2, 0.25) is 17.2 Å². The molecule has 0 saturated heterocycles. The monoisotopic (exact) mass is 603 g/mol. The Bertz CT molecular complexity index is 1930. The number of halogens is 1. The fraction of sp³-hybridized carbons (Fsp3) is 0. The molecule has 0 bridgehead atoms. The van der Waals surface area contributed by atoms with Crippen LogP contribution >= 0.6 is 11.6 Å². The fourth-order valence-corrected chi connectivity index (χ4v) is 5.05. The maximum absolute atomic E-state index is 11.8. The van der Waals surface area contributed by atoms with Gasteiger partial charge >= 0.3 is 0 Å². The van der Waals surface area contributed by atoms with Crippen LogP contribution in [0, 0.1) is 0 Å². The number of hydrogen-bond acceptors (Lipinski definition) is 12. The highest BCUT2D eigenvalue weighted by molar-refractivity contribution is 7.86. The summed E-state index contributed by atoms with van der Waals surface area (Å²) in [5.74, 6) is -1.25. The molecule has 0 radical (unpaired) electrons. The molecular formula is C19H14ClN5O10S3. The zero-order chi connectivity index (χ0) is 28.0. The molecule has 0 atom stereocenters. The Balaban J connectivity index is 1.82. The quantitative estimate of drug-likeness (QED) is 0.166. The molecule has 0 spiro atoms. The molecule has 15 nitrogen and oxygen atoms in total. The van der Waals surface area contributed by atoms with Crippen LogP contribution in [-0.4, -0.2) is 59.0 Å². The van der Waals surface area contributed by atoms with Crippen molar-refractivity contribution >= 4 is 76.0 Å². The summed E-state index contributed by atoms with van der Waals surface area (Å²) in [6.45, 7) is 0. The first-order chi connectivity index (χ1) is 17.5. The van der Waals surface area contributed by atoms with Crippen LogP contribution in [0.25, 0.3) is 10.8 Å². The summed E-state index contributed by atoms with van der Waals surface area (Å²) in [7, 11) is -14.1. The number of aromatic nitrogens is 3. The van der Waals surface area contributed by atoms with E-state index in [1.807, 2.05) is 0 Å². The van der Waals surface area contributed by atoms with Gasteiger partial charge in [-0.3, -0.25) is 13.7 Å². The molecule has 0 saturated carbocycles. The summed E-state index contributed by atoms with van der Waals surface area (Å²) in [6, 6.07) is 8.29. The van der Waals surface area contributed by atoms with E-state index in [9.17, 15) is 44.0 Å². The molecular weight excluding hydrogens is 590 g/mol. The topological polar surface area (TPSA) is 246 Å². The smallest absolute Gasteiger partial charge is 0.294 e. The van der Waals surface area contributed by atoms with Crippen LogP contribution in [0.5, 0.6) is 5.75 Å². The first-order valence-electron chi connectivity index (χ1n) is 9.80. The molecule has 1 heterocycles. The lowest BCUT2D eigenvalue weighted by Gasteiger charge is -2.14. The molecule has 1 aromatic heterocycles. The van der Waals surface area contributed by atoms with Crippen molar-refractivity contribution in [3.8, 4) is 5.75 Å². The lowest BCUT2D eigenvalue weighted by molar-refractivity contribution is 0.471. The number of aromatic hydroxyl groups is 1. The van der Waals surface area contributed by atoms with Crippen LogP contribution < -0.4 is 10.6 Å². The summed E-state index contributed by atoms with van der Waals surface area (Å²) >= 11 is 5.95. The highest BCUT2D eigenvalue weighted by Crippen LogP contribution is 2.37. The molecule has 0 aliphatic rings. The fourth-order valence-electron chi connectivity index (χ4n) is 3.28. The van der Waals surface area contributed by atoms with E-state index < -0.39 is 50.8 Å². The first kappa shape index (κ1) is 27.4. The second-order valence-corrected chi connectivity index (χ2v) is 12.1. The largest absolute Gasteiger partial charge is 0.507 e. The zero-order valence-corrected chi connectivity index (χ0v) is 21.5. The lowest BCUT2D eigenvalue weighted by atomic mass is 10.1.